The maximum Gasteiger partial charge on any atom is 0.318 e. The minimum absolute atomic E-state index is 0.124. The van der Waals surface area contributed by atoms with Gasteiger partial charge in [0.15, 0.2) is 0 Å². The molecule has 0 aliphatic rings. The number of phenols is 2. The predicted molar refractivity (Wildman–Crippen MR) is 81.5 cm³/mol. The van der Waals surface area contributed by atoms with Crippen LogP contribution in [0.4, 0.5) is 17.1 Å². The Labute approximate surface area is 129 Å². The van der Waals surface area contributed by atoms with E-state index < -0.39 is 27.0 Å². The molecule has 0 spiro atoms. The second-order valence-corrected chi connectivity index (χ2v) is 4.62. The van der Waals surface area contributed by atoms with E-state index in [2.05, 4.69) is 4.99 Å². The number of phenolic OH excluding ortho intramolecular Hbond substituents is 2. The van der Waals surface area contributed by atoms with Crippen LogP contribution in [0.1, 0.15) is 11.1 Å². The van der Waals surface area contributed by atoms with Crippen LogP contribution >= 0.6 is 0 Å². The van der Waals surface area contributed by atoms with Crippen molar-refractivity contribution in [1.82, 2.24) is 0 Å². The van der Waals surface area contributed by atoms with Gasteiger partial charge in [-0.3, -0.25) is 25.2 Å². The highest BCUT2D eigenvalue weighted by atomic mass is 16.6. The molecule has 0 aromatic heterocycles. The van der Waals surface area contributed by atoms with E-state index in [-0.39, 0.29) is 17.0 Å². The van der Waals surface area contributed by atoms with Crippen LogP contribution in [0, 0.1) is 27.2 Å². The Bertz CT molecular complexity index is 811. The number of rotatable bonds is 4. The van der Waals surface area contributed by atoms with Crippen molar-refractivity contribution in [1.29, 1.82) is 0 Å². The van der Waals surface area contributed by atoms with Gasteiger partial charge >= 0.3 is 5.69 Å². The lowest BCUT2D eigenvalue weighted by Crippen LogP contribution is -1.96. The number of para-hydroxylation sites is 1. The summed E-state index contributed by atoms with van der Waals surface area (Å²) in [5.41, 5.74) is -0.727. The van der Waals surface area contributed by atoms with Crippen LogP contribution in [0.25, 0.3) is 0 Å². The molecule has 118 valence electrons. The predicted octanol–water partition coefficient (Wildman–Crippen LogP) is 2.97. The van der Waals surface area contributed by atoms with Gasteiger partial charge in [0, 0.05) is 17.8 Å². The molecule has 0 fully saturated rings. The fourth-order valence-electron chi connectivity index (χ4n) is 1.91. The molecule has 2 aromatic rings. The minimum atomic E-state index is -0.926. The molecule has 9 nitrogen and oxygen atoms in total. The Morgan fingerprint density at radius 3 is 2.39 bits per heavy atom. The van der Waals surface area contributed by atoms with Gasteiger partial charge in [-0.05, 0) is 18.6 Å². The second kappa shape index (κ2) is 6.10. The minimum Gasteiger partial charge on any atom is -0.506 e. The van der Waals surface area contributed by atoms with E-state index in [9.17, 15) is 30.4 Å². The molecular weight excluding hydrogens is 306 g/mol. The van der Waals surface area contributed by atoms with Gasteiger partial charge in [0.05, 0.1) is 15.9 Å². The van der Waals surface area contributed by atoms with E-state index in [1.807, 2.05) is 0 Å². The highest BCUT2D eigenvalue weighted by Crippen LogP contribution is 2.35. The zero-order valence-electron chi connectivity index (χ0n) is 11.8. The number of aromatic hydroxyl groups is 2. The van der Waals surface area contributed by atoms with Gasteiger partial charge < -0.3 is 10.2 Å². The van der Waals surface area contributed by atoms with Gasteiger partial charge in [-0.15, -0.1) is 0 Å². The summed E-state index contributed by atoms with van der Waals surface area (Å²) in [5, 5.41) is 41.3. The number of nitro groups is 2. The van der Waals surface area contributed by atoms with Crippen LogP contribution in [0.2, 0.25) is 0 Å². The first-order valence-electron chi connectivity index (χ1n) is 6.29. The Morgan fingerprint density at radius 1 is 1.13 bits per heavy atom. The Balaban J connectivity index is 2.57. The lowest BCUT2D eigenvalue weighted by Gasteiger charge is -2.03. The Hall–Kier alpha value is -3.49. The average Bonchev–Trinajstić information content (AvgIpc) is 2.47. The average molecular weight is 317 g/mol. The number of aliphatic imine (C=N–C) groups is 1. The van der Waals surface area contributed by atoms with E-state index in [0.717, 1.165) is 12.3 Å². The molecule has 0 unspecified atom stereocenters. The summed E-state index contributed by atoms with van der Waals surface area (Å²) in [5.74, 6) is -0.863. The molecule has 0 aliphatic carbocycles. The molecule has 0 amide bonds. The van der Waals surface area contributed by atoms with E-state index in [1.165, 1.54) is 6.07 Å². The number of hydrogen-bond donors (Lipinski definition) is 2. The van der Waals surface area contributed by atoms with Crippen LogP contribution in [-0.2, 0) is 0 Å². The monoisotopic (exact) mass is 317 g/mol. The van der Waals surface area contributed by atoms with Crippen LogP contribution in [0.5, 0.6) is 11.5 Å². The van der Waals surface area contributed by atoms with Crippen LogP contribution < -0.4 is 0 Å². The first-order chi connectivity index (χ1) is 10.8. The van der Waals surface area contributed by atoms with Crippen molar-refractivity contribution >= 4 is 23.3 Å². The number of nitrogens with zero attached hydrogens (tertiary/aromatic N) is 3. The molecule has 2 aromatic carbocycles. The summed E-state index contributed by atoms with van der Waals surface area (Å²) >= 11 is 0. The summed E-state index contributed by atoms with van der Waals surface area (Å²) in [7, 11) is 0. The van der Waals surface area contributed by atoms with Crippen molar-refractivity contribution in [2.24, 2.45) is 4.99 Å². The summed E-state index contributed by atoms with van der Waals surface area (Å²) in [6.45, 7) is 1.68. The topological polar surface area (TPSA) is 139 Å². The molecule has 23 heavy (non-hydrogen) atoms. The van der Waals surface area contributed by atoms with E-state index in [0.29, 0.717) is 11.6 Å². The third-order valence-corrected chi connectivity index (χ3v) is 3.06. The quantitative estimate of drug-likeness (QED) is 0.504. The van der Waals surface area contributed by atoms with Gasteiger partial charge in [-0.2, -0.15) is 0 Å². The lowest BCUT2D eigenvalue weighted by molar-refractivity contribution is -0.394. The molecule has 0 heterocycles. The maximum atomic E-state index is 10.9. The second-order valence-electron chi connectivity index (χ2n) is 4.62. The zero-order valence-corrected chi connectivity index (χ0v) is 11.8. The van der Waals surface area contributed by atoms with Gasteiger partial charge in [0.25, 0.3) is 5.69 Å². The zero-order chi connectivity index (χ0) is 17.1. The maximum absolute atomic E-state index is 10.9. The molecule has 0 bridgehead atoms. The summed E-state index contributed by atoms with van der Waals surface area (Å²) in [4.78, 5) is 23.9. The summed E-state index contributed by atoms with van der Waals surface area (Å²) < 4.78 is 0. The van der Waals surface area contributed by atoms with Crippen molar-refractivity contribution in [3.63, 3.8) is 0 Å². The molecule has 0 saturated carbocycles. The first kappa shape index (κ1) is 15.9. The molecule has 2 N–H and O–H groups in total. The first-order valence-corrected chi connectivity index (χ1v) is 6.29. The van der Waals surface area contributed by atoms with Gasteiger partial charge in [0.2, 0.25) is 5.75 Å². The smallest absolute Gasteiger partial charge is 0.318 e. The van der Waals surface area contributed by atoms with Gasteiger partial charge in [0.1, 0.15) is 11.4 Å². The molecule has 9 heteroatoms. The van der Waals surface area contributed by atoms with Crippen molar-refractivity contribution in [3.8, 4) is 11.5 Å². The van der Waals surface area contributed by atoms with Crippen molar-refractivity contribution in [2.75, 3.05) is 0 Å². The molecule has 2 rings (SSSR count). The van der Waals surface area contributed by atoms with Crippen molar-refractivity contribution in [3.05, 3.63) is 61.7 Å². The van der Waals surface area contributed by atoms with E-state index in [1.54, 1.807) is 19.1 Å². The van der Waals surface area contributed by atoms with E-state index in [4.69, 9.17) is 0 Å². The number of benzene rings is 2. The fraction of sp³-hybridized carbons (Fsp3) is 0.0714. The van der Waals surface area contributed by atoms with Crippen LogP contribution in [0.15, 0.2) is 35.3 Å². The largest absolute Gasteiger partial charge is 0.506 e. The molecular formula is C14H11N3O6. The Kier molecular flexibility index (Phi) is 4.21. The standard InChI is InChI=1S/C14H11N3O6/c1-8-3-2-4-12(18)13(8)15-7-9-5-10(16(20)21)6-11(14(9)19)17(22)23/h2-7,18-19H,1H3. The van der Waals surface area contributed by atoms with Crippen molar-refractivity contribution in [2.45, 2.75) is 6.92 Å². The molecule has 0 aliphatic heterocycles. The normalized spacial score (nSPS) is 10.8. The third-order valence-electron chi connectivity index (χ3n) is 3.06. The van der Waals surface area contributed by atoms with Crippen LogP contribution in [0.3, 0.4) is 0 Å². The van der Waals surface area contributed by atoms with Crippen molar-refractivity contribution < 1.29 is 20.1 Å². The third kappa shape index (κ3) is 3.23. The highest BCUT2D eigenvalue weighted by molar-refractivity contribution is 5.89. The highest BCUT2D eigenvalue weighted by Gasteiger charge is 2.23. The fourth-order valence-corrected chi connectivity index (χ4v) is 1.91. The van der Waals surface area contributed by atoms with Gasteiger partial charge in [-0.25, -0.2) is 0 Å². The summed E-state index contributed by atoms with van der Waals surface area (Å²) in [6, 6.07) is 6.32. The summed E-state index contributed by atoms with van der Waals surface area (Å²) in [6.07, 6.45) is 1.03. The number of hydrogen-bond acceptors (Lipinski definition) is 7. The molecule has 0 atom stereocenters. The van der Waals surface area contributed by atoms with Gasteiger partial charge in [-0.1, -0.05) is 12.1 Å². The SMILES string of the molecule is Cc1cccc(O)c1N=Cc1cc([N+](=O)[O-])cc([N+](=O)[O-])c1O. The number of aryl methyl sites for hydroxylation is 1. The Morgan fingerprint density at radius 2 is 1.83 bits per heavy atom. The van der Waals surface area contributed by atoms with E-state index >= 15 is 0 Å². The lowest BCUT2D eigenvalue weighted by atomic mass is 10.1. The molecule has 0 saturated heterocycles. The number of nitro benzene ring substituents is 2. The van der Waals surface area contributed by atoms with Crippen LogP contribution in [-0.4, -0.2) is 26.3 Å². The molecule has 0 radical (unpaired) electrons. The number of non-ortho nitro benzene ring substituents is 1.